The second kappa shape index (κ2) is 2.84. The summed E-state index contributed by atoms with van der Waals surface area (Å²) < 4.78 is 10.5. The molecular weight excluding hydrogens is 208 g/mol. The van der Waals surface area contributed by atoms with E-state index in [4.69, 9.17) is 9.47 Å². The monoisotopic (exact) mass is 218 g/mol. The van der Waals surface area contributed by atoms with Crippen molar-refractivity contribution in [1.82, 2.24) is 0 Å². The highest BCUT2D eigenvalue weighted by Gasteiger charge is 2.42. The van der Waals surface area contributed by atoms with Gasteiger partial charge in [-0.15, -0.1) is 0 Å². The SMILES string of the molecule is COc1c2c(c(OC)c3c1CC3=O)C(=O)C2. The van der Waals surface area contributed by atoms with Crippen LogP contribution in [0.2, 0.25) is 0 Å². The predicted molar refractivity (Wildman–Crippen MR) is 55.6 cm³/mol. The normalized spacial score (nSPS) is 15.9. The van der Waals surface area contributed by atoms with Gasteiger partial charge in [0.05, 0.1) is 25.3 Å². The number of ether oxygens (including phenoxy) is 2. The first-order valence-corrected chi connectivity index (χ1v) is 5.05. The molecule has 1 aromatic rings. The van der Waals surface area contributed by atoms with E-state index < -0.39 is 0 Å². The van der Waals surface area contributed by atoms with Crippen molar-refractivity contribution in [2.24, 2.45) is 0 Å². The first-order valence-electron chi connectivity index (χ1n) is 5.05. The van der Waals surface area contributed by atoms with Crippen LogP contribution in [0.25, 0.3) is 0 Å². The van der Waals surface area contributed by atoms with Gasteiger partial charge in [-0.25, -0.2) is 0 Å². The molecule has 0 aromatic heterocycles. The molecule has 3 rings (SSSR count). The number of ketones is 2. The molecule has 0 saturated heterocycles. The first-order chi connectivity index (χ1) is 7.69. The lowest BCUT2D eigenvalue weighted by Crippen LogP contribution is -2.30. The number of rotatable bonds is 2. The molecular formula is C12H10O4. The van der Waals surface area contributed by atoms with Gasteiger partial charge in [0, 0.05) is 24.0 Å². The fourth-order valence-corrected chi connectivity index (χ4v) is 2.47. The van der Waals surface area contributed by atoms with Gasteiger partial charge in [0.15, 0.2) is 11.6 Å². The molecule has 4 heteroatoms. The second-order valence-corrected chi connectivity index (χ2v) is 3.97. The summed E-state index contributed by atoms with van der Waals surface area (Å²) in [5.41, 5.74) is 2.84. The number of hydrogen-bond acceptors (Lipinski definition) is 4. The minimum absolute atomic E-state index is 0.0210. The highest BCUT2D eigenvalue weighted by atomic mass is 16.5. The van der Waals surface area contributed by atoms with Gasteiger partial charge in [-0.3, -0.25) is 9.59 Å². The molecule has 0 aliphatic heterocycles. The Hall–Kier alpha value is -1.84. The Bertz CT molecular complexity index is 499. The van der Waals surface area contributed by atoms with Crippen molar-refractivity contribution >= 4 is 11.6 Å². The molecule has 16 heavy (non-hydrogen) atoms. The molecule has 0 N–H and O–H groups in total. The first kappa shape index (κ1) is 9.39. The maximum absolute atomic E-state index is 11.5. The van der Waals surface area contributed by atoms with E-state index in [9.17, 15) is 9.59 Å². The van der Waals surface area contributed by atoms with E-state index in [1.54, 1.807) is 7.11 Å². The fraction of sp³-hybridized carbons (Fsp3) is 0.333. The third-order valence-electron chi connectivity index (χ3n) is 3.25. The van der Waals surface area contributed by atoms with Gasteiger partial charge in [-0.2, -0.15) is 0 Å². The van der Waals surface area contributed by atoms with E-state index >= 15 is 0 Å². The zero-order valence-corrected chi connectivity index (χ0v) is 9.05. The summed E-state index contributed by atoms with van der Waals surface area (Å²) in [6.45, 7) is 0. The number of methoxy groups -OCH3 is 2. The van der Waals surface area contributed by atoms with E-state index in [-0.39, 0.29) is 11.6 Å². The Morgan fingerprint density at radius 1 is 0.812 bits per heavy atom. The van der Waals surface area contributed by atoms with Gasteiger partial charge in [-0.1, -0.05) is 0 Å². The summed E-state index contributed by atoms with van der Waals surface area (Å²) in [7, 11) is 3.05. The van der Waals surface area contributed by atoms with E-state index in [2.05, 4.69) is 0 Å². The molecule has 4 nitrogen and oxygen atoms in total. The number of benzene rings is 1. The lowest BCUT2D eigenvalue weighted by Gasteiger charge is -2.31. The molecule has 0 heterocycles. The Kier molecular flexibility index (Phi) is 1.67. The van der Waals surface area contributed by atoms with E-state index in [1.807, 2.05) is 0 Å². The van der Waals surface area contributed by atoms with Crippen LogP contribution in [0, 0.1) is 0 Å². The van der Waals surface area contributed by atoms with Gasteiger partial charge in [0.2, 0.25) is 0 Å². The van der Waals surface area contributed by atoms with Crippen molar-refractivity contribution in [2.75, 3.05) is 14.2 Å². The largest absolute Gasteiger partial charge is 0.496 e. The fourth-order valence-electron chi connectivity index (χ4n) is 2.47. The minimum atomic E-state index is 0.0210. The van der Waals surface area contributed by atoms with E-state index in [0.717, 1.165) is 11.1 Å². The molecule has 0 unspecified atom stereocenters. The Morgan fingerprint density at radius 3 is 1.56 bits per heavy atom. The molecule has 0 amide bonds. The Balaban J connectivity index is 2.36. The average Bonchev–Trinajstić information content (AvgIpc) is 2.25. The van der Waals surface area contributed by atoms with Crippen LogP contribution in [0.15, 0.2) is 0 Å². The number of hydrogen-bond donors (Lipinski definition) is 0. The van der Waals surface area contributed by atoms with Crippen molar-refractivity contribution < 1.29 is 19.1 Å². The summed E-state index contributed by atoms with van der Waals surface area (Å²) in [5.74, 6) is 1.18. The smallest absolute Gasteiger partial charge is 0.171 e. The van der Waals surface area contributed by atoms with E-state index in [1.165, 1.54) is 7.11 Å². The zero-order chi connectivity index (χ0) is 11.4. The highest BCUT2D eigenvalue weighted by molar-refractivity contribution is 6.18. The third-order valence-corrected chi connectivity index (χ3v) is 3.25. The summed E-state index contributed by atoms with van der Waals surface area (Å²) in [4.78, 5) is 23.0. The molecule has 0 fully saturated rings. The van der Waals surface area contributed by atoms with Crippen molar-refractivity contribution in [1.29, 1.82) is 0 Å². The molecule has 0 bridgehead atoms. The molecule has 2 aliphatic carbocycles. The van der Waals surface area contributed by atoms with E-state index in [0.29, 0.717) is 35.5 Å². The van der Waals surface area contributed by atoms with Crippen LogP contribution >= 0.6 is 0 Å². The summed E-state index contributed by atoms with van der Waals surface area (Å²) in [6, 6.07) is 0. The lowest BCUT2D eigenvalue weighted by molar-refractivity contribution is 0.0950. The van der Waals surface area contributed by atoms with Crippen molar-refractivity contribution in [3.05, 3.63) is 22.3 Å². The zero-order valence-electron chi connectivity index (χ0n) is 9.05. The summed E-state index contributed by atoms with van der Waals surface area (Å²) in [5, 5.41) is 0. The Labute approximate surface area is 92.2 Å². The predicted octanol–water partition coefficient (Wildman–Crippen LogP) is 1.18. The maximum atomic E-state index is 11.5. The van der Waals surface area contributed by atoms with Gasteiger partial charge in [0.25, 0.3) is 0 Å². The van der Waals surface area contributed by atoms with Crippen LogP contribution in [0.1, 0.15) is 31.8 Å². The van der Waals surface area contributed by atoms with Crippen molar-refractivity contribution in [3.8, 4) is 11.5 Å². The van der Waals surface area contributed by atoms with Crippen LogP contribution in [0.3, 0.4) is 0 Å². The number of Topliss-reactive ketones (excluding diaryl/α,β-unsaturated/α-hetero) is 2. The standard InChI is InChI=1S/C12H10O4/c1-15-11-5-3-7(13)9(5)12(16-2)10-6(11)4-8(10)14/h3-4H2,1-2H3. The minimum Gasteiger partial charge on any atom is -0.496 e. The molecule has 1 aromatic carbocycles. The Morgan fingerprint density at radius 2 is 1.25 bits per heavy atom. The number of carbonyl (C=O) groups excluding carboxylic acids is 2. The van der Waals surface area contributed by atoms with Crippen LogP contribution in [0.5, 0.6) is 11.5 Å². The third kappa shape index (κ3) is 0.852. The molecule has 2 aliphatic rings. The van der Waals surface area contributed by atoms with Gasteiger partial charge in [-0.05, 0) is 0 Å². The number of carbonyl (C=O) groups is 2. The van der Waals surface area contributed by atoms with Gasteiger partial charge in [0.1, 0.15) is 11.5 Å². The summed E-state index contributed by atoms with van der Waals surface area (Å²) in [6.07, 6.45) is 0.771. The summed E-state index contributed by atoms with van der Waals surface area (Å²) >= 11 is 0. The molecule has 0 atom stereocenters. The molecule has 0 radical (unpaired) electrons. The average molecular weight is 218 g/mol. The van der Waals surface area contributed by atoms with Crippen LogP contribution < -0.4 is 9.47 Å². The number of fused-ring (bicyclic) bond motifs is 2. The molecule has 82 valence electrons. The second-order valence-electron chi connectivity index (χ2n) is 3.97. The maximum Gasteiger partial charge on any atom is 0.171 e. The topological polar surface area (TPSA) is 52.6 Å². The lowest BCUT2D eigenvalue weighted by atomic mass is 9.74. The quantitative estimate of drug-likeness (QED) is 0.748. The highest BCUT2D eigenvalue weighted by Crippen LogP contribution is 2.48. The van der Waals surface area contributed by atoms with Gasteiger partial charge >= 0.3 is 0 Å². The van der Waals surface area contributed by atoms with Gasteiger partial charge < -0.3 is 9.47 Å². The molecule has 0 saturated carbocycles. The molecule has 0 spiro atoms. The van der Waals surface area contributed by atoms with Crippen LogP contribution in [0.4, 0.5) is 0 Å². The van der Waals surface area contributed by atoms with Crippen LogP contribution in [-0.4, -0.2) is 25.8 Å². The van der Waals surface area contributed by atoms with Crippen molar-refractivity contribution in [2.45, 2.75) is 12.8 Å². The van der Waals surface area contributed by atoms with Crippen LogP contribution in [-0.2, 0) is 12.8 Å². The van der Waals surface area contributed by atoms with Crippen molar-refractivity contribution in [3.63, 3.8) is 0 Å².